The molecule has 0 aliphatic heterocycles. The normalized spacial score (nSPS) is 11.7. The van der Waals surface area contributed by atoms with Crippen LogP contribution in [0.2, 0.25) is 0 Å². The number of amides is 1. The van der Waals surface area contributed by atoms with E-state index in [-0.39, 0.29) is 27.2 Å². The number of phenols is 1. The van der Waals surface area contributed by atoms with Crippen molar-refractivity contribution < 1.29 is 27.8 Å². The number of hydrogen-bond donors (Lipinski definition) is 2. The highest BCUT2D eigenvalue weighted by atomic mass is 79.9. The minimum absolute atomic E-state index is 0.0944. The van der Waals surface area contributed by atoms with E-state index in [0.717, 1.165) is 18.2 Å². The minimum Gasteiger partial charge on any atom is -0.503 e. The zero-order valence-corrected chi connectivity index (χ0v) is 17.2. The second-order valence-corrected chi connectivity index (χ2v) is 6.93. The van der Waals surface area contributed by atoms with Gasteiger partial charge in [-0.2, -0.15) is 18.4 Å². The molecule has 146 valence electrons. The molecule has 0 fully saturated rings. The highest BCUT2D eigenvalue weighted by Gasteiger charge is 2.30. The minimum atomic E-state index is -4.56. The summed E-state index contributed by atoms with van der Waals surface area (Å²) in [6.45, 7) is 0. The van der Waals surface area contributed by atoms with Crippen molar-refractivity contribution in [3.05, 3.63) is 56.0 Å². The van der Waals surface area contributed by atoms with E-state index in [0.29, 0.717) is 10.0 Å². The van der Waals surface area contributed by atoms with E-state index in [9.17, 15) is 28.3 Å². The van der Waals surface area contributed by atoms with Crippen LogP contribution in [0.3, 0.4) is 0 Å². The number of alkyl halides is 3. The number of benzene rings is 2. The molecule has 2 aromatic rings. The van der Waals surface area contributed by atoms with Gasteiger partial charge in [-0.05, 0) is 67.8 Å². The smallest absolute Gasteiger partial charge is 0.416 e. The first-order valence-electron chi connectivity index (χ1n) is 7.43. The predicted molar refractivity (Wildman–Crippen MR) is 104 cm³/mol. The lowest BCUT2D eigenvalue weighted by Gasteiger charge is -2.11. The van der Waals surface area contributed by atoms with Gasteiger partial charge in [0.2, 0.25) is 0 Å². The third kappa shape index (κ3) is 4.85. The maximum atomic E-state index is 12.8. The van der Waals surface area contributed by atoms with Gasteiger partial charge in [-0.15, -0.1) is 0 Å². The number of nitrogens with one attached hydrogen (secondary N) is 1. The molecule has 0 heterocycles. The molecule has 1 amide bonds. The summed E-state index contributed by atoms with van der Waals surface area (Å²) in [6, 6.07) is 7.15. The Bertz CT molecular complexity index is 999. The molecule has 0 spiro atoms. The number of halogens is 5. The number of nitriles is 1. The van der Waals surface area contributed by atoms with Gasteiger partial charge < -0.3 is 15.2 Å². The Labute approximate surface area is 174 Å². The van der Waals surface area contributed by atoms with Crippen LogP contribution < -0.4 is 10.1 Å². The average molecular weight is 520 g/mol. The number of phenolic OH excluding ortho intramolecular Hbond substituents is 1. The van der Waals surface area contributed by atoms with E-state index in [1.165, 1.54) is 25.3 Å². The van der Waals surface area contributed by atoms with Gasteiger partial charge in [0.15, 0.2) is 11.5 Å². The molecular weight excluding hydrogens is 509 g/mol. The van der Waals surface area contributed by atoms with Crippen molar-refractivity contribution in [3.63, 3.8) is 0 Å². The molecule has 2 N–H and O–H groups in total. The number of methoxy groups -OCH3 is 1. The first kappa shape index (κ1) is 21.8. The van der Waals surface area contributed by atoms with Crippen LogP contribution in [-0.2, 0) is 11.0 Å². The van der Waals surface area contributed by atoms with Crippen molar-refractivity contribution in [1.29, 1.82) is 5.26 Å². The highest BCUT2D eigenvalue weighted by Crippen LogP contribution is 2.42. The van der Waals surface area contributed by atoms with Crippen LogP contribution in [0, 0.1) is 11.3 Å². The number of nitrogens with zero attached hydrogens (tertiary/aromatic N) is 1. The molecule has 0 aromatic heterocycles. The molecule has 0 radical (unpaired) electrons. The quantitative estimate of drug-likeness (QED) is 0.413. The van der Waals surface area contributed by atoms with Crippen molar-refractivity contribution in [2.45, 2.75) is 6.18 Å². The molecule has 2 aromatic carbocycles. The molecule has 0 unspecified atom stereocenters. The summed E-state index contributed by atoms with van der Waals surface area (Å²) in [5.74, 6) is -0.979. The fraction of sp³-hybridized carbons (Fsp3) is 0.111. The van der Waals surface area contributed by atoms with E-state index >= 15 is 0 Å². The lowest BCUT2D eigenvalue weighted by Crippen LogP contribution is -2.14. The number of carbonyl (C=O) groups is 1. The molecular formula is C18H11Br2F3N2O3. The molecule has 0 saturated carbocycles. The largest absolute Gasteiger partial charge is 0.503 e. The van der Waals surface area contributed by atoms with Crippen molar-refractivity contribution in [2.24, 2.45) is 0 Å². The van der Waals surface area contributed by atoms with E-state index < -0.39 is 17.6 Å². The molecule has 0 bridgehead atoms. The summed E-state index contributed by atoms with van der Waals surface area (Å²) < 4.78 is 44.0. The monoisotopic (exact) mass is 518 g/mol. The number of hydrogen-bond acceptors (Lipinski definition) is 4. The van der Waals surface area contributed by atoms with Gasteiger partial charge in [-0.25, -0.2) is 0 Å². The van der Waals surface area contributed by atoms with Gasteiger partial charge in [0.25, 0.3) is 5.91 Å². The summed E-state index contributed by atoms with van der Waals surface area (Å²) in [5, 5.41) is 21.5. The van der Waals surface area contributed by atoms with Crippen molar-refractivity contribution in [1.82, 2.24) is 0 Å². The van der Waals surface area contributed by atoms with E-state index in [2.05, 4.69) is 37.2 Å². The number of anilines is 1. The van der Waals surface area contributed by atoms with Crippen LogP contribution >= 0.6 is 31.9 Å². The topological polar surface area (TPSA) is 82.3 Å². The molecule has 28 heavy (non-hydrogen) atoms. The molecule has 0 aliphatic rings. The van der Waals surface area contributed by atoms with E-state index in [1.807, 2.05) is 0 Å². The lowest BCUT2D eigenvalue weighted by atomic mass is 10.1. The van der Waals surface area contributed by atoms with Crippen LogP contribution in [0.1, 0.15) is 11.1 Å². The Morgan fingerprint density at radius 3 is 2.54 bits per heavy atom. The molecule has 0 atom stereocenters. The van der Waals surface area contributed by atoms with Gasteiger partial charge in [-0.1, -0.05) is 6.07 Å². The third-order valence-corrected chi connectivity index (χ3v) is 5.67. The van der Waals surface area contributed by atoms with Crippen LogP contribution in [-0.4, -0.2) is 18.1 Å². The summed E-state index contributed by atoms with van der Waals surface area (Å²) in [7, 11) is 1.33. The molecule has 2 rings (SSSR count). The summed E-state index contributed by atoms with van der Waals surface area (Å²) in [6.07, 6.45) is -3.35. The summed E-state index contributed by atoms with van der Waals surface area (Å²) >= 11 is 6.38. The van der Waals surface area contributed by atoms with Crippen molar-refractivity contribution in [3.8, 4) is 17.6 Å². The molecule has 10 heteroatoms. The first-order chi connectivity index (χ1) is 13.1. The van der Waals surface area contributed by atoms with Crippen molar-refractivity contribution >= 4 is 49.5 Å². The maximum Gasteiger partial charge on any atom is 0.416 e. The van der Waals surface area contributed by atoms with Gasteiger partial charge in [0, 0.05) is 10.2 Å². The highest BCUT2D eigenvalue weighted by molar-refractivity contribution is 9.13. The second kappa shape index (κ2) is 8.67. The van der Waals surface area contributed by atoms with E-state index in [4.69, 9.17) is 4.74 Å². The Morgan fingerprint density at radius 1 is 1.29 bits per heavy atom. The fourth-order valence-corrected chi connectivity index (χ4v) is 2.99. The molecule has 5 nitrogen and oxygen atoms in total. The number of rotatable bonds is 4. The van der Waals surface area contributed by atoms with Gasteiger partial charge in [0.05, 0.1) is 17.1 Å². The molecule has 0 aliphatic carbocycles. The van der Waals surface area contributed by atoms with Crippen molar-refractivity contribution in [2.75, 3.05) is 12.4 Å². The lowest BCUT2D eigenvalue weighted by molar-refractivity contribution is -0.137. The number of ether oxygens (including phenoxy) is 1. The summed E-state index contributed by atoms with van der Waals surface area (Å²) in [4.78, 5) is 12.3. The van der Waals surface area contributed by atoms with E-state index in [1.54, 1.807) is 6.07 Å². The first-order valence-corrected chi connectivity index (χ1v) is 9.02. The summed E-state index contributed by atoms with van der Waals surface area (Å²) in [5.41, 5.74) is -1.07. The SMILES string of the molecule is COc1cc(/C=C(/C#N)C(=O)Nc2cccc(C(F)(F)F)c2)c(Br)c(Br)c1O. The third-order valence-electron chi connectivity index (χ3n) is 3.51. The maximum absolute atomic E-state index is 12.8. The van der Waals surface area contributed by atoms with Gasteiger partial charge in [0.1, 0.15) is 11.6 Å². The predicted octanol–water partition coefficient (Wildman–Crippen LogP) is 5.49. The Balaban J connectivity index is 2.38. The fourth-order valence-electron chi connectivity index (χ4n) is 2.15. The Kier molecular flexibility index (Phi) is 6.74. The zero-order valence-electron chi connectivity index (χ0n) is 14.1. The van der Waals surface area contributed by atoms with Crippen LogP contribution in [0.5, 0.6) is 11.5 Å². The second-order valence-electron chi connectivity index (χ2n) is 5.35. The average Bonchev–Trinajstić information content (AvgIpc) is 2.65. The zero-order chi connectivity index (χ0) is 21.1. The van der Waals surface area contributed by atoms with Crippen LogP contribution in [0.15, 0.2) is 44.9 Å². The Morgan fingerprint density at radius 2 is 1.96 bits per heavy atom. The number of carbonyl (C=O) groups excluding carboxylic acids is 1. The van der Waals surface area contributed by atoms with Crippen LogP contribution in [0.4, 0.5) is 18.9 Å². The van der Waals surface area contributed by atoms with Gasteiger partial charge >= 0.3 is 6.18 Å². The van der Waals surface area contributed by atoms with Gasteiger partial charge in [-0.3, -0.25) is 4.79 Å². The number of aromatic hydroxyl groups is 1. The Hall–Kier alpha value is -2.51. The standard InChI is InChI=1S/C18H11Br2F3N2O3/c1-28-13-6-9(14(19)15(20)16(13)26)5-10(8-24)17(27)25-12-4-2-3-11(7-12)18(21,22)23/h2-7,26H,1H3,(H,25,27)/b10-5-. The molecule has 0 saturated heterocycles. The van der Waals surface area contributed by atoms with Crippen LogP contribution in [0.25, 0.3) is 6.08 Å².